The van der Waals surface area contributed by atoms with Crippen LogP contribution in [0, 0.1) is 0 Å². The second-order valence-corrected chi connectivity index (χ2v) is 7.14. The normalized spacial score (nSPS) is 15.1. The van der Waals surface area contributed by atoms with E-state index in [0.29, 0.717) is 18.7 Å². The van der Waals surface area contributed by atoms with Gasteiger partial charge in [0.1, 0.15) is 0 Å². The lowest BCUT2D eigenvalue weighted by molar-refractivity contribution is -0.140. The van der Waals surface area contributed by atoms with Gasteiger partial charge in [-0.2, -0.15) is 0 Å². The fourth-order valence-electron chi connectivity index (χ4n) is 3.27. The van der Waals surface area contributed by atoms with Crippen molar-refractivity contribution >= 4 is 23.3 Å². The van der Waals surface area contributed by atoms with Crippen molar-refractivity contribution < 1.29 is 14.3 Å². The van der Waals surface area contributed by atoms with Crippen LogP contribution in [0.4, 0.5) is 11.4 Å². The minimum absolute atomic E-state index is 0.148. The second-order valence-electron chi connectivity index (χ2n) is 7.14. The van der Waals surface area contributed by atoms with E-state index in [1.807, 2.05) is 43.3 Å². The first-order chi connectivity index (χ1) is 13.5. The highest BCUT2D eigenvalue weighted by Gasteiger charge is 2.27. The van der Waals surface area contributed by atoms with Crippen molar-refractivity contribution in [3.05, 3.63) is 60.2 Å². The predicted molar refractivity (Wildman–Crippen MR) is 111 cm³/mol. The third kappa shape index (κ3) is 4.63. The number of hydrogen-bond donors (Lipinski definition) is 0. The Hall–Kier alpha value is -3.02. The molecule has 1 amide bonds. The number of anilines is 2. The molecule has 0 aliphatic carbocycles. The topological polar surface area (TPSA) is 53.1 Å². The molecule has 0 spiro atoms. The van der Waals surface area contributed by atoms with E-state index in [1.54, 1.807) is 30.0 Å². The molecule has 1 atom stereocenters. The smallest absolute Gasteiger partial charge is 0.338 e. The number of piperazine rings is 1. The van der Waals surface area contributed by atoms with E-state index in [-0.39, 0.29) is 5.91 Å². The van der Waals surface area contributed by atoms with Gasteiger partial charge in [-0.1, -0.05) is 24.3 Å². The number of carbonyl (C=O) groups is 2. The van der Waals surface area contributed by atoms with Gasteiger partial charge in [0.2, 0.25) is 0 Å². The zero-order valence-electron chi connectivity index (χ0n) is 16.7. The molecule has 3 rings (SSSR count). The van der Waals surface area contributed by atoms with Gasteiger partial charge in [0, 0.05) is 51.6 Å². The molecule has 1 unspecified atom stereocenters. The van der Waals surface area contributed by atoms with E-state index < -0.39 is 12.1 Å². The van der Waals surface area contributed by atoms with E-state index in [1.165, 1.54) is 0 Å². The summed E-state index contributed by atoms with van der Waals surface area (Å²) in [6, 6.07) is 17.3. The number of rotatable bonds is 5. The van der Waals surface area contributed by atoms with Crippen LogP contribution in [0.2, 0.25) is 0 Å². The number of carbonyl (C=O) groups excluding carboxylic acids is 2. The molecule has 0 aromatic heterocycles. The summed E-state index contributed by atoms with van der Waals surface area (Å²) in [5, 5.41) is 0. The van der Waals surface area contributed by atoms with Crippen molar-refractivity contribution in [3.8, 4) is 0 Å². The predicted octanol–water partition coefficient (Wildman–Crippen LogP) is 2.65. The van der Waals surface area contributed by atoms with E-state index in [0.717, 1.165) is 24.5 Å². The summed E-state index contributed by atoms with van der Waals surface area (Å²) in [6.45, 7) is 4.40. The van der Waals surface area contributed by atoms with Gasteiger partial charge in [-0.05, 0) is 37.3 Å². The molecule has 2 aromatic carbocycles. The van der Waals surface area contributed by atoms with Crippen LogP contribution in [0.1, 0.15) is 17.3 Å². The van der Waals surface area contributed by atoms with E-state index in [9.17, 15) is 9.59 Å². The summed E-state index contributed by atoms with van der Waals surface area (Å²) in [7, 11) is 3.82. The Morgan fingerprint density at radius 3 is 2.29 bits per heavy atom. The molecule has 6 heteroatoms. The molecule has 0 saturated carbocycles. The van der Waals surface area contributed by atoms with E-state index >= 15 is 0 Å². The maximum Gasteiger partial charge on any atom is 0.338 e. The number of para-hydroxylation sites is 1. The van der Waals surface area contributed by atoms with Crippen LogP contribution in [0.5, 0.6) is 0 Å². The van der Waals surface area contributed by atoms with Crippen molar-refractivity contribution in [3.63, 3.8) is 0 Å². The third-order valence-electron chi connectivity index (χ3n) is 4.94. The Morgan fingerprint density at radius 1 is 0.964 bits per heavy atom. The molecular formula is C22H27N3O3. The summed E-state index contributed by atoms with van der Waals surface area (Å²) in [5.41, 5.74) is 2.51. The van der Waals surface area contributed by atoms with Crippen molar-refractivity contribution in [1.29, 1.82) is 0 Å². The molecule has 1 aliphatic heterocycles. The Morgan fingerprint density at radius 2 is 1.64 bits per heavy atom. The molecule has 2 aromatic rings. The van der Waals surface area contributed by atoms with Crippen molar-refractivity contribution in [1.82, 2.24) is 4.90 Å². The zero-order chi connectivity index (χ0) is 20.1. The van der Waals surface area contributed by atoms with Crippen molar-refractivity contribution in [2.24, 2.45) is 0 Å². The molecule has 1 saturated heterocycles. The maximum atomic E-state index is 12.7. The molecule has 0 N–H and O–H groups in total. The largest absolute Gasteiger partial charge is 0.449 e. The van der Waals surface area contributed by atoms with E-state index in [2.05, 4.69) is 17.0 Å². The number of ether oxygens (including phenoxy) is 1. The molecule has 1 heterocycles. The number of esters is 1. The van der Waals surface area contributed by atoms with Crippen molar-refractivity contribution in [2.75, 3.05) is 50.1 Å². The van der Waals surface area contributed by atoms with Crippen LogP contribution in [0.3, 0.4) is 0 Å². The number of hydrogen-bond acceptors (Lipinski definition) is 5. The van der Waals surface area contributed by atoms with Crippen LogP contribution < -0.4 is 9.80 Å². The Bertz CT molecular complexity index is 815. The highest BCUT2D eigenvalue weighted by molar-refractivity contribution is 5.93. The Kier molecular flexibility index (Phi) is 6.19. The fourth-order valence-corrected chi connectivity index (χ4v) is 3.27. The fraction of sp³-hybridized carbons (Fsp3) is 0.364. The average molecular weight is 381 g/mol. The molecule has 0 bridgehead atoms. The molecule has 1 fully saturated rings. The van der Waals surface area contributed by atoms with Crippen LogP contribution in [0.15, 0.2) is 54.6 Å². The lowest BCUT2D eigenvalue weighted by atomic mass is 10.2. The summed E-state index contributed by atoms with van der Waals surface area (Å²) >= 11 is 0. The van der Waals surface area contributed by atoms with E-state index in [4.69, 9.17) is 4.74 Å². The molecule has 1 aliphatic rings. The minimum Gasteiger partial charge on any atom is -0.449 e. The number of amides is 1. The molecular weight excluding hydrogens is 354 g/mol. The van der Waals surface area contributed by atoms with Gasteiger partial charge in [0.25, 0.3) is 5.91 Å². The van der Waals surface area contributed by atoms with Crippen LogP contribution in [0.25, 0.3) is 0 Å². The summed E-state index contributed by atoms with van der Waals surface area (Å²) in [6.07, 6.45) is -0.807. The Balaban J connectivity index is 1.55. The summed E-state index contributed by atoms with van der Waals surface area (Å²) < 4.78 is 5.44. The second kappa shape index (κ2) is 8.78. The monoisotopic (exact) mass is 381 g/mol. The quantitative estimate of drug-likeness (QED) is 0.746. The minimum atomic E-state index is -0.807. The van der Waals surface area contributed by atoms with Crippen LogP contribution in [-0.4, -0.2) is 63.2 Å². The van der Waals surface area contributed by atoms with Crippen molar-refractivity contribution in [2.45, 2.75) is 13.0 Å². The molecule has 28 heavy (non-hydrogen) atoms. The average Bonchev–Trinajstić information content (AvgIpc) is 2.74. The summed E-state index contributed by atoms with van der Waals surface area (Å²) in [5.74, 6) is -0.628. The SMILES string of the molecule is CC(OC(=O)c1cccc(N(C)C)c1)C(=O)N1CCN(c2ccccc2)CC1. The van der Waals surface area contributed by atoms with Crippen LogP contribution in [-0.2, 0) is 9.53 Å². The number of benzene rings is 2. The highest BCUT2D eigenvalue weighted by atomic mass is 16.5. The third-order valence-corrected chi connectivity index (χ3v) is 4.94. The van der Waals surface area contributed by atoms with Gasteiger partial charge in [-0.3, -0.25) is 4.79 Å². The Labute approximate surface area is 166 Å². The first kappa shape index (κ1) is 19.7. The molecule has 6 nitrogen and oxygen atoms in total. The van der Waals surface area contributed by atoms with Gasteiger partial charge in [0.15, 0.2) is 6.10 Å². The highest BCUT2D eigenvalue weighted by Crippen LogP contribution is 2.17. The first-order valence-electron chi connectivity index (χ1n) is 9.53. The van der Waals surface area contributed by atoms with Crippen LogP contribution >= 0.6 is 0 Å². The standard InChI is InChI=1S/C22H27N3O3/c1-17(28-22(27)18-8-7-11-20(16-18)23(2)3)21(26)25-14-12-24(13-15-25)19-9-5-4-6-10-19/h4-11,16-17H,12-15H2,1-3H3. The first-order valence-corrected chi connectivity index (χ1v) is 9.53. The molecule has 148 valence electrons. The number of nitrogens with zero attached hydrogens (tertiary/aromatic N) is 3. The molecule has 0 radical (unpaired) electrons. The van der Waals surface area contributed by atoms with Gasteiger partial charge in [-0.25, -0.2) is 4.79 Å². The zero-order valence-corrected chi connectivity index (χ0v) is 16.7. The van der Waals surface area contributed by atoms with Gasteiger partial charge in [-0.15, -0.1) is 0 Å². The lowest BCUT2D eigenvalue weighted by Gasteiger charge is -2.37. The van der Waals surface area contributed by atoms with Gasteiger partial charge in [0.05, 0.1) is 5.56 Å². The maximum absolute atomic E-state index is 12.7. The van der Waals surface area contributed by atoms with Gasteiger partial charge < -0.3 is 19.4 Å². The summed E-state index contributed by atoms with van der Waals surface area (Å²) in [4.78, 5) is 31.1. The van der Waals surface area contributed by atoms with Gasteiger partial charge >= 0.3 is 5.97 Å². The lowest BCUT2D eigenvalue weighted by Crippen LogP contribution is -2.51.